The predicted octanol–water partition coefficient (Wildman–Crippen LogP) is 0.872. The van der Waals surface area contributed by atoms with Crippen molar-refractivity contribution in [3.63, 3.8) is 0 Å². The summed E-state index contributed by atoms with van der Waals surface area (Å²) in [5.41, 5.74) is 8.25. The SMILES string of the molecule is Nc1ncc2c(n1)CN(C(=O)Cc1ccc3c(c1)OCO3)C2. The predicted molar refractivity (Wildman–Crippen MR) is 77.0 cm³/mol. The van der Waals surface area contributed by atoms with Gasteiger partial charge in [-0.15, -0.1) is 0 Å². The van der Waals surface area contributed by atoms with Crippen LogP contribution in [0.2, 0.25) is 0 Å². The molecule has 0 saturated carbocycles. The summed E-state index contributed by atoms with van der Waals surface area (Å²) < 4.78 is 10.6. The van der Waals surface area contributed by atoms with Gasteiger partial charge >= 0.3 is 0 Å². The summed E-state index contributed by atoms with van der Waals surface area (Å²) in [7, 11) is 0. The second-order valence-electron chi connectivity index (χ2n) is 5.31. The zero-order valence-corrected chi connectivity index (χ0v) is 11.8. The number of nitrogens with zero attached hydrogens (tertiary/aromatic N) is 3. The van der Waals surface area contributed by atoms with E-state index >= 15 is 0 Å². The van der Waals surface area contributed by atoms with E-state index in [1.807, 2.05) is 18.2 Å². The largest absolute Gasteiger partial charge is 0.454 e. The first-order valence-corrected chi connectivity index (χ1v) is 6.95. The van der Waals surface area contributed by atoms with E-state index in [2.05, 4.69) is 9.97 Å². The highest BCUT2D eigenvalue weighted by Crippen LogP contribution is 2.33. The Kier molecular flexibility index (Phi) is 2.85. The van der Waals surface area contributed by atoms with Gasteiger partial charge in [0.15, 0.2) is 11.5 Å². The van der Waals surface area contributed by atoms with Gasteiger partial charge in [-0.25, -0.2) is 9.97 Å². The van der Waals surface area contributed by atoms with E-state index in [1.165, 1.54) is 0 Å². The number of hydrogen-bond acceptors (Lipinski definition) is 6. The molecule has 2 N–H and O–H groups in total. The number of carbonyl (C=O) groups excluding carboxylic acids is 1. The van der Waals surface area contributed by atoms with Crippen LogP contribution < -0.4 is 15.2 Å². The highest BCUT2D eigenvalue weighted by atomic mass is 16.7. The maximum absolute atomic E-state index is 12.4. The lowest BCUT2D eigenvalue weighted by atomic mass is 10.1. The van der Waals surface area contributed by atoms with Crippen LogP contribution in [-0.4, -0.2) is 27.6 Å². The Bertz CT molecular complexity index is 762. The highest BCUT2D eigenvalue weighted by Gasteiger charge is 2.25. The molecule has 0 fully saturated rings. The van der Waals surface area contributed by atoms with Gasteiger partial charge in [0.25, 0.3) is 0 Å². The van der Waals surface area contributed by atoms with Gasteiger partial charge in [-0.2, -0.15) is 0 Å². The summed E-state index contributed by atoms with van der Waals surface area (Å²) in [5.74, 6) is 1.68. The van der Waals surface area contributed by atoms with Gasteiger partial charge in [-0.1, -0.05) is 6.07 Å². The average Bonchev–Trinajstić information content (AvgIpc) is 3.12. The number of fused-ring (bicyclic) bond motifs is 2. The van der Waals surface area contributed by atoms with Gasteiger partial charge in [0.2, 0.25) is 18.6 Å². The number of hydrogen-bond donors (Lipinski definition) is 1. The fraction of sp³-hybridized carbons (Fsp3) is 0.267. The molecular formula is C15H14N4O3. The first-order valence-electron chi connectivity index (χ1n) is 6.95. The number of aromatic nitrogens is 2. The molecule has 4 rings (SSSR count). The summed E-state index contributed by atoms with van der Waals surface area (Å²) in [4.78, 5) is 22.3. The van der Waals surface area contributed by atoms with E-state index < -0.39 is 0 Å². The second-order valence-corrected chi connectivity index (χ2v) is 5.31. The van der Waals surface area contributed by atoms with E-state index in [1.54, 1.807) is 11.1 Å². The van der Waals surface area contributed by atoms with E-state index in [4.69, 9.17) is 15.2 Å². The van der Waals surface area contributed by atoms with Gasteiger partial charge in [0.05, 0.1) is 18.7 Å². The minimum absolute atomic E-state index is 0.0374. The number of ether oxygens (including phenoxy) is 2. The zero-order chi connectivity index (χ0) is 15.1. The van der Waals surface area contributed by atoms with Crippen LogP contribution in [0, 0.1) is 0 Å². The Morgan fingerprint density at radius 3 is 3.05 bits per heavy atom. The lowest BCUT2D eigenvalue weighted by Crippen LogP contribution is -2.26. The van der Waals surface area contributed by atoms with Gasteiger partial charge < -0.3 is 20.1 Å². The van der Waals surface area contributed by atoms with Crippen molar-refractivity contribution in [3.8, 4) is 11.5 Å². The van der Waals surface area contributed by atoms with Crippen molar-refractivity contribution in [2.75, 3.05) is 12.5 Å². The first-order chi connectivity index (χ1) is 10.7. The molecule has 7 nitrogen and oxygen atoms in total. The summed E-state index contributed by atoms with van der Waals surface area (Å²) in [5, 5.41) is 0. The van der Waals surface area contributed by atoms with Crippen LogP contribution in [0.1, 0.15) is 16.8 Å². The molecule has 3 heterocycles. The molecule has 0 spiro atoms. The summed E-state index contributed by atoms with van der Waals surface area (Å²) in [6.45, 7) is 1.23. The highest BCUT2D eigenvalue weighted by molar-refractivity contribution is 5.79. The van der Waals surface area contributed by atoms with Crippen molar-refractivity contribution in [2.24, 2.45) is 0 Å². The third kappa shape index (κ3) is 2.20. The summed E-state index contributed by atoms with van der Waals surface area (Å²) >= 11 is 0. The van der Waals surface area contributed by atoms with E-state index in [0.717, 1.165) is 22.6 Å². The minimum Gasteiger partial charge on any atom is -0.454 e. The molecule has 22 heavy (non-hydrogen) atoms. The lowest BCUT2D eigenvalue weighted by Gasteiger charge is -2.15. The van der Waals surface area contributed by atoms with Crippen LogP contribution >= 0.6 is 0 Å². The number of carbonyl (C=O) groups is 1. The number of rotatable bonds is 2. The first kappa shape index (κ1) is 12.9. The van der Waals surface area contributed by atoms with Crippen LogP contribution in [0.4, 0.5) is 5.95 Å². The van der Waals surface area contributed by atoms with Crippen molar-refractivity contribution < 1.29 is 14.3 Å². The zero-order valence-electron chi connectivity index (χ0n) is 11.8. The van der Waals surface area contributed by atoms with Crippen molar-refractivity contribution in [1.29, 1.82) is 0 Å². The van der Waals surface area contributed by atoms with Gasteiger partial charge in [0, 0.05) is 18.3 Å². The van der Waals surface area contributed by atoms with Crippen LogP contribution in [0.3, 0.4) is 0 Å². The second kappa shape index (κ2) is 4.87. The van der Waals surface area contributed by atoms with Gasteiger partial charge in [-0.3, -0.25) is 4.79 Å². The normalized spacial score (nSPS) is 15.0. The van der Waals surface area contributed by atoms with Gasteiger partial charge in [-0.05, 0) is 17.7 Å². The molecular weight excluding hydrogens is 284 g/mol. The standard InChI is InChI=1S/C15H14N4O3/c16-15-17-5-10-6-19(7-11(10)18-15)14(20)4-9-1-2-12-13(3-9)22-8-21-12/h1-3,5H,4,6-8H2,(H2,16,17,18). The summed E-state index contributed by atoms with van der Waals surface area (Å²) in [6.07, 6.45) is 2.00. The van der Waals surface area contributed by atoms with Crippen LogP contribution in [0.25, 0.3) is 0 Å². The molecule has 0 radical (unpaired) electrons. The molecule has 1 aromatic carbocycles. The maximum atomic E-state index is 12.4. The molecule has 112 valence electrons. The molecule has 1 aromatic heterocycles. The maximum Gasteiger partial charge on any atom is 0.231 e. The van der Waals surface area contributed by atoms with E-state index in [0.29, 0.717) is 25.3 Å². The summed E-state index contributed by atoms with van der Waals surface area (Å²) in [6, 6.07) is 5.56. The topological polar surface area (TPSA) is 90.6 Å². The quantitative estimate of drug-likeness (QED) is 0.884. The molecule has 0 bridgehead atoms. The lowest BCUT2D eigenvalue weighted by molar-refractivity contribution is -0.131. The Morgan fingerprint density at radius 2 is 2.14 bits per heavy atom. The number of anilines is 1. The Hall–Kier alpha value is -2.83. The minimum atomic E-state index is 0.0374. The molecule has 2 aliphatic rings. The van der Waals surface area contributed by atoms with E-state index in [9.17, 15) is 4.79 Å². The molecule has 7 heteroatoms. The van der Waals surface area contributed by atoms with Gasteiger partial charge in [0.1, 0.15) is 0 Å². The van der Waals surface area contributed by atoms with Crippen molar-refractivity contribution in [1.82, 2.24) is 14.9 Å². The molecule has 2 aromatic rings. The Labute approximate surface area is 126 Å². The third-order valence-electron chi connectivity index (χ3n) is 3.82. The molecule has 0 unspecified atom stereocenters. The Balaban J connectivity index is 1.47. The van der Waals surface area contributed by atoms with Crippen molar-refractivity contribution >= 4 is 11.9 Å². The Morgan fingerprint density at radius 1 is 1.27 bits per heavy atom. The third-order valence-corrected chi connectivity index (χ3v) is 3.82. The van der Waals surface area contributed by atoms with Crippen LogP contribution in [-0.2, 0) is 24.3 Å². The molecule has 0 aliphatic carbocycles. The van der Waals surface area contributed by atoms with Crippen molar-refractivity contribution in [3.05, 3.63) is 41.2 Å². The smallest absolute Gasteiger partial charge is 0.231 e. The van der Waals surface area contributed by atoms with Crippen LogP contribution in [0.5, 0.6) is 11.5 Å². The fourth-order valence-corrected chi connectivity index (χ4v) is 2.68. The van der Waals surface area contributed by atoms with E-state index in [-0.39, 0.29) is 18.6 Å². The monoisotopic (exact) mass is 298 g/mol. The molecule has 0 saturated heterocycles. The van der Waals surface area contributed by atoms with Crippen LogP contribution in [0.15, 0.2) is 24.4 Å². The number of nitrogen functional groups attached to an aromatic ring is 1. The molecule has 2 aliphatic heterocycles. The van der Waals surface area contributed by atoms with Crippen molar-refractivity contribution in [2.45, 2.75) is 19.5 Å². The number of benzene rings is 1. The number of amides is 1. The fourth-order valence-electron chi connectivity index (χ4n) is 2.68. The number of nitrogens with two attached hydrogens (primary N) is 1. The average molecular weight is 298 g/mol. The molecule has 0 atom stereocenters. The molecule has 1 amide bonds.